The van der Waals surface area contributed by atoms with Gasteiger partial charge in [-0.1, -0.05) is 32.9 Å². The first-order valence-electron chi connectivity index (χ1n) is 11.0. The molecule has 176 valence electrons. The van der Waals surface area contributed by atoms with Gasteiger partial charge < -0.3 is 14.4 Å². The number of nitrogens with zero attached hydrogens (tertiary/aromatic N) is 2. The van der Waals surface area contributed by atoms with E-state index in [-0.39, 0.29) is 22.8 Å². The van der Waals surface area contributed by atoms with Crippen LogP contribution in [-0.2, 0) is 6.42 Å². The number of alkyl halides is 3. The van der Waals surface area contributed by atoms with Gasteiger partial charge in [-0.15, -0.1) is 13.2 Å². The molecule has 1 saturated carbocycles. The van der Waals surface area contributed by atoms with Gasteiger partial charge in [0.05, 0.1) is 16.6 Å². The summed E-state index contributed by atoms with van der Waals surface area (Å²) in [5.41, 5.74) is 2.61. The summed E-state index contributed by atoms with van der Waals surface area (Å²) in [5.74, 6) is 0.0162. The number of carbonyl (C=O) groups is 1. The van der Waals surface area contributed by atoms with E-state index in [9.17, 15) is 23.1 Å². The van der Waals surface area contributed by atoms with Gasteiger partial charge in [0, 0.05) is 12.5 Å². The lowest BCUT2D eigenvalue weighted by Gasteiger charge is -2.40. The van der Waals surface area contributed by atoms with Gasteiger partial charge in [-0.3, -0.25) is 0 Å². The summed E-state index contributed by atoms with van der Waals surface area (Å²) in [6.45, 7) is 6.77. The zero-order chi connectivity index (χ0) is 24.0. The van der Waals surface area contributed by atoms with E-state index in [0.717, 1.165) is 36.2 Å². The molecule has 1 fully saturated rings. The second-order valence-corrected chi connectivity index (χ2v) is 9.84. The number of fused-ring (bicyclic) bond motifs is 1. The van der Waals surface area contributed by atoms with E-state index < -0.39 is 12.3 Å². The molecule has 5 nitrogen and oxygen atoms in total. The van der Waals surface area contributed by atoms with Gasteiger partial charge in [-0.2, -0.15) is 0 Å². The molecule has 0 saturated heterocycles. The molecule has 1 aromatic heterocycles. The number of rotatable bonds is 5. The third-order valence-corrected chi connectivity index (χ3v) is 6.26. The Morgan fingerprint density at radius 1 is 1.18 bits per heavy atom. The maximum absolute atomic E-state index is 12.5. The van der Waals surface area contributed by atoms with E-state index >= 15 is 0 Å². The van der Waals surface area contributed by atoms with Gasteiger partial charge in [0.25, 0.3) is 0 Å². The highest BCUT2D eigenvalue weighted by Crippen LogP contribution is 2.45. The second-order valence-electron chi connectivity index (χ2n) is 9.84. The zero-order valence-corrected chi connectivity index (χ0v) is 18.8. The van der Waals surface area contributed by atoms with Crippen LogP contribution in [0.2, 0.25) is 0 Å². The maximum Gasteiger partial charge on any atom is 0.573 e. The molecule has 1 heterocycles. The fraction of sp³-hybridized carbons (Fsp3) is 0.440. The first-order chi connectivity index (χ1) is 15.4. The van der Waals surface area contributed by atoms with Crippen LogP contribution in [0.25, 0.3) is 11.0 Å². The van der Waals surface area contributed by atoms with Crippen molar-refractivity contribution >= 4 is 17.0 Å². The van der Waals surface area contributed by atoms with E-state index in [1.54, 1.807) is 24.3 Å². The van der Waals surface area contributed by atoms with Crippen molar-refractivity contribution in [3.05, 3.63) is 59.4 Å². The van der Waals surface area contributed by atoms with Gasteiger partial charge >= 0.3 is 12.3 Å². The Kier molecular flexibility index (Phi) is 5.88. The first kappa shape index (κ1) is 23.1. The third-order valence-electron chi connectivity index (χ3n) is 6.26. The van der Waals surface area contributed by atoms with Crippen LogP contribution in [0.3, 0.4) is 0 Å². The van der Waals surface area contributed by atoms with Gasteiger partial charge in [-0.05, 0) is 66.5 Å². The standard InChI is InChI=1S/C25H27F3N2O3/c1-15-10-18(14-24(2,3)13-15)30-21-9-6-17(23(31)32)12-20(21)29-22(30)11-16-4-7-19(8-5-16)33-25(26,27)28/h4-9,12,15,18H,10-11,13-14H2,1-3H3,(H,31,32)/t15-,18+/m1/s1. The summed E-state index contributed by atoms with van der Waals surface area (Å²) < 4.78 is 43.6. The summed E-state index contributed by atoms with van der Waals surface area (Å²) >= 11 is 0. The molecule has 0 aliphatic heterocycles. The Morgan fingerprint density at radius 3 is 2.48 bits per heavy atom. The van der Waals surface area contributed by atoms with E-state index in [2.05, 4.69) is 30.1 Å². The van der Waals surface area contributed by atoms with Crippen molar-refractivity contribution in [2.24, 2.45) is 11.3 Å². The van der Waals surface area contributed by atoms with Crippen LogP contribution < -0.4 is 4.74 Å². The minimum atomic E-state index is -4.73. The fourth-order valence-electron chi connectivity index (χ4n) is 5.30. The molecule has 1 aliphatic carbocycles. The van der Waals surface area contributed by atoms with Crippen LogP contribution in [-0.4, -0.2) is 27.0 Å². The molecule has 33 heavy (non-hydrogen) atoms. The molecule has 2 atom stereocenters. The lowest BCUT2D eigenvalue weighted by Crippen LogP contribution is -2.30. The average Bonchev–Trinajstić information content (AvgIpc) is 3.03. The summed E-state index contributed by atoms with van der Waals surface area (Å²) in [7, 11) is 0. The Morgan fingerprint density at radius 2 is 1.88 bits per heavy atom. The molecule has 3 aromatic rings. The van der Waals surface area contributed by atoms with Crippen LogP contribution >= 0.6 is 0 Å². The van der Waals surface area contributed by atoms with Crippen molar-refractivity contribution in [2.75, 3.05) is 0 Å². The first-order valence-corrected chi connectivity index (χ1v) is 11.0. The highest BCUT2D eigenvalue weighted by Gasteiger charge is 2.35. The van der Waals surface area contributed by atoms with Crippen LogP contribution in [0.15, 0.2) is 42.5 Å². The molecule has 4 rings (SSSR count). The summed E-state index contributed by atoms with van der Waals surface area (Å²) in [6.07, 6.45) is -1.23. The number of aromatic nitrogens is 2. The molecular weight excluding hydrogens is 433 g/mol. The Balaban J connectivity index is 1.73. The summed E-state index contributed by atoms with van der Waals surface area (Å²) in [6, 6.07) is 11.0. The number of ether oxygens (including phenoxy) is 1. The third kappa shape index (κ3) is 5.31. The van der Waals surface area contributed by atoms with E-state index in [1.807, 2.05) is 6.07 Å². The van der Waals surface area contributed by atoms with E-state index in [4.69, 9.17) is 4.98 Å². The number of aromatic carboxylic acids is 1. The topological polar surface area (TPSA) is 64.4 Å². The Bertz CT molecular complexity index is 1170. The van der Waals surface area contributed by atoms with Crippen molar-refractivity contribution in [3.8, 4) is 5.75 Å². The van der Waals surface area contributed by atoms with Crippen molar-refractivity contribution < 1.29 is 27.8 Å². The quantitative estimate of drug-likeness (QED) is 0.465. The van der Waals surface area contributed by atoms with Gasteiger partial charge in [-0.25, -0.2) is 9.78 Å². The molecule has 0 unspecified atom stereocenters. The lowest BCUT2D eigenvalue weighted by molar-refractivity contribution is -0.274. The SMILES string of the molecule is C[C@@H]1C[C@H](n2c(Cc3ccc(OC(F)(F)F)cc3)nc3cc(C(=O)O)ccc32)CC(C)(C)C1. The molecule has 1 N–H and O–H groups in total. The van der Waals surface area contributed by atoms with Crippen molar-refractivity contribution in [3.63, 3.8) is 0 Å². The average molecular weight is 460 g/mol. The Labute approximate surface area is 190 Å². The number of benzene rings is 2. The lowest BCUT2D eigenvalue weighted by atomic mass is 9.70. The number of imidazole rings is 1. The monoisotopic (exact) mass is 460 g/mol. The minimum absolute atomic E-state index is 0.160. The molecule has 8 heteroatoms. The fourth-order valence-corrected chi connectivity index (χ4v) is 5.30. The van der Waals surface area contributed by atoms with Gasteiger partial charge in [0.1, 0.15) is 11.6 Å². The highest BCUT2D eigenvalue weighted by atomic mass is 19.4. The van der Waals surface area contributed by atoms with Crippen LogP contribution in [0, 0.1) is 11.3 Å². The molecular formula is C25H27F3N2O3. The molecule has 0 radical (unpaired) electrons. The zero-order valence-electron chi connectivity index (χ0n) is 18.8. The molecule has 2 aromatic carbocycles. The van der Waals surface area contributed by atoms with Gasteiger partial charge in [0.15, 0.2) is 0 Å². The largest absolute Gasteiger partial charge is 0.573 e. The number of hydrogen-bond acceptors (Lipinski definition) is 3. The highest BCUT2D eigenvalue weighted by molar-refractivity contribution is 5.92. The molecule has 0 spiro atoms. The predicted molar refractivity (Wildman–Crippen MR) is 118 cm³/mol. The smallest absolute Gasteiger partial charge is 0.478 e. The number of carboxylic acid groups (broad SMARTS) is 1. The second kappa shape index (κ2) is 8.39. The minimum Gasteiger partial charge on any atom is -0.478 e. The number of carboxylic acids is 1. The maximum atomic E-state index is 12.5. The Hall–Kier alpha value is -3.03. The predicted octanol–water partition coefficient (Wildman–Crippen LogP) is 6.61. The van der Waals surface area contributed by atoms with Gasteiger partial charge in [0.2, 0.25) is 0 Å². The summed E-state index contributed by atoms with van der Waals surface area (Å²) in [4.78, 5) is 16.2. The van der Waals surface area contributed by atoms with Crippen molar-refractivity contribution in [1.82, 2.24) is 9.55 Å². The van der Waals surface area contributed by atoms with Crippen molar-refractivity contribution in [2.45, 2.75) is 58.9 Å². The molecule has 0 bridgehead atoms. The van der Waals surface area contributed by atoms with Crippen LogP contribution in [0.4, 0.5) is 13.2 Å². The molecule has 0 amide bonds. The summed E-state index contributed by atoms with van der Waals surface area (Å²) in [5, 5.41) is 9.39. The normalized spacial score (nSPS) is 20.7. The molecule has 1 aliphatic rings. The van der Waals surface area contributed by atoms with Crippen LogP contribution in [0.1, 0.15) is 67.8 Å². The number of hydrogen-bond donors (Lipinski definition) is 1. The van der Waals surface area contributed by atoms with E-state index in [1.165, 1.54) is 12.1 Å². The van der Waals surface area contributed by atoms with E-state index in [0.29, 0.717) is 17.9 Å². The van der Waals surface area contributed by atoms with Crippen LogP contribution in [0.5, 0.6) is 5.75 Å². The van der Waals surface area contributed by atoms with Crippen molar-refractivity contribution in [1.29, 1.82) is 0 Å². The number of halogens is 3.